The van der Waals surface area contributed by atoms with Gasteiger partial charge in [0.15, 0.2) is 16.6 Å². The molecule has 0 unspecified atom stereocenters. The molecule has 0 aliphatic rings. The van der Waals surface area contributed by atoms with Crippen LogP contribution < -0.4 is 10.4 Å². The van der Waals surface area contributed by atoms with Crippen LogP contribution in [0.15, 0.2) is 60.7 Å². The van der Waals surface area contributed by atoms with Crippen LogP contribution in [0.4, 0.5) is 82.3 Å². The standard InChI is InChI=1S/C20H34O3Si4.2CH4.9F2/c1-24(2,3)21-26(7,8)23-27(22-25(4,5)6,19-15-11-9-12-16-19)20-17-13-10-14-18-20;;;9*1-2/h9-18H,1-8H3;2*1H4;;;;;;;;;. The average Bonchev–Trinajstić information content (AvgIpc) is 3.08. The van der Waals surface area contributed by atoms with Gasteiger partial charge in [-0.05, 0) is 62.7 Å². The van der Waals surface area contributed by atoms with Crippen LogP contribution in [0.25, 0.3) is 0 Å². The van der Waals surface area contributed by atoms with Gasteiger partial charge < -0.3 is 12.3 Å². The molecule has 290 valence electrons. The van der Waals surface area contributed by atoms with E-state index in [1.807, 2.05) is 12.1 Å². The van der Waals surface area contributed by atoms with E-state index in [1.165, 1.54) is 0 Å². The van der Waals surface area contributed by atoms with E-state index in [9.17, 15) is 0 Å². The third-order valence-electron chi connectivity index (χ3n) is 3.70. The summed E-state index contributed by atoms with van der Waals surface area (Å²) in [5, 5.41) is 2.30. The lowest BCUT2D eigenvalue weighted by Gasteiger charge is -2.43. The zero-order chi connectivity index (χ0) is 38.3. The van der Waals surface area contributed by atoms with Crippen molar-refractivity contribution in [2.45, 2.75) is 67.2 Å². The molecular formula is C22H42F18O3Si4. The molecule has 2 aromatic rings. The van der Waals surface area contributed by atoms with Gasteiger partial charge in [-0.2, -0.15) is 0 Å². The van der Waals surface area contributed by atoms with Crippen LogP contribution in [-0.2, 0) is 12.3 Å². The summed E-state index contributed by atoms with van der Waals surface area (Å²) in [6, 6.07) is 21.0. The Labute approximate surface area is 267 Å². The molecule has 0 fully saturated rings. The van der Waals surface area contributed by atoms with E-state index in [2.05, 4.69) is 101 Å². The lowest BCUT2D eigenvalue weighted by atomic mass is 10.4. The van der Waals surface area contributed by atoms with Crippen LogP contribution in [0, 0.1) is 0 Å². The molecule has 0 atom stereocenters. The predicted octanol–water partition coefficient (Wildman–Crippen LogP) is 13.5. The summed E-state index contributed by atoms with van der Waals surface area (Å²) in [4.78, 5) is 0. The fourth-order valence-corrected chi connectivity index (χ4v) is 20.0. The van der Waals surface area contributed by atoms with Crippen molar-refractivity contribution in [2.75, 3.05) is 0 Å². The maximum absolute atomic E-state index is 8.00. The lowest BCUT2D eigenvalue weighted by molar-refractivity contribution is 0.108. The van der Waals surface area contributed by atoms with Crippen molar-refractivity contribution in [1.29, 1.82) is 0 Å². The Hall–Kier alpha value is -2.07. The van der Waals surface area contributed by atoms with Crippen molar-refractivity contribution in [3.8, 4) is 0 Å². The molecule has 0 aliphatic carbocycles. The zero-order valence-corrected chi connectivity index (χ0v) is 28.8. The molecule has 0 saturated heterocycles. The van der Waals surface area contributed by atoms with E-state index < -0.39 is 33.8 Å². The Morgan fingerprint density at radius 2 is 0.553 bits per heavy atom. The maximum atomic E-state index is 8.00. The first-order chi connectivity index (χ1) is 21.3. The lowest BCUT2D eigenvalue weighted by Crippen LogP contribution is -2.71. The van der Waals surface area contributed by atoms with E-state index in [0.29, 0.717) is 0 Å². The van der Waals surface area contributed by atoms with Crippen LogP contribution in [0.1, 0.15) is 14.9 Å². The Kier molecular flexibility index (Phi) is 73.1. The molecular weight excluding hydrogens is 767 g/mol. The van der Waals surface area contributed by atoms with Gasteiger partial charge in [-0.1, -0.05) is 75.5 Å². The molecule has 0 heterocycles. The molecule has 2 rings (SSSR count). The molecule has 0 aliphatic heterocycles. The third kappa shape index (κ3) is 40.0. The summed E-state index contributed by atoms with van der Waals surface area (Å²) in [7, 11) is -8.96. The predicted molar refractivity (Wildman–Crippen MR) is 159 cm³/mol. The second kappa shape index (κ2) is 48.3. The van der Waals surface area contributed by atoms with Crippen molar-refractivity contribution >= 4 is 44.1 Å². The van der Waals surface area contributed by atoms with Crippen molar-refractivity contribution in [3.05, 3.63) is 60.7 Å². The fourth-order valence-electron chi connectivity index (χ4n) is 3.27. The number of rotatable bonds is 8. The molecule has 0 radical (unpaired) electrons. The highest BCUT2D eigenvalue weighted by Gasteiger charge is 2.51. The number of benzene rings is 2. The number of hydrogen-bond donors (Lipinski definition) is 0. The fraction of sp³-hybridized carbons (Fsp3) is 0.455. The highest BCUT2D eigenvalue weighted by Crippen LogP contribution is 2.24. The summed E-state index contributed by atoms with van der Waals surface area (Å²) in [5.74, 6) is 0. The van der Waals surface area contributed by atoms with Gasteiger partial charge in [-0.3, -0.25) is 0 Å². The van der Waals surface area contributed by atoms with Crippen molar-refractivity contribution in [2.24, 2.45) is 0 Å². The minimum Gasteiger partial charge on any atom is -0.437 e. The number of hydrogen-bond acceptors (Lipinski definition) is 3. The van der Waals surface area contributed by atoms with Crippen molar-refractivity contribution in [3.63, 3.8) is 0 Å². The van der Waals surface area contributed by atoms with Gasteiger partial charge in [-0.15, -0.1) is 0 Å². The van der Waals surface area contributed by atoms with Crippen LogP contribution in [-0.4, -0.2) is 33.8 Å². The number of halogens is 18. The normalized spacial score (nSPS) is 8.98. The Morgan fingerprint density at radius 3 is 0.745 bits per heavy atom. The highest BCUT2D eigenvalue weighted by atomic mass is 28.5. The summed E-state index contributed by atoms with van der Waals surface area (Å²) >= 11 is 0. The first-order valence-corrected chi connectivity index (χ1v) is 22.3. The quantitative estimate of drug-likeness (QED) is 0.196. The third-order valence-corrected chi connectivity index (χ3v) is 17.0. The van der Waals surface area contributed by atoms with Gasteiger partial charge in [0, 0.05) is 82.3 Å². The van der Waals surface area contributed by atoms with Gasteiger partial charge in [0.2, 0.25) is 0 Å². The summed E-state index contributed by atoms with van der Waals surface area (Å²) in [6.45, 7) is 17.7. The van der Waals surface area contributed by atoms with Gasteiger partial charge in [0.25, 0.3) is 0 Å². The molecule has 0 aromatic heterocycles. The molecule has 0 spiro atoms. The Bertz CT molecular complexity index is 729. The van der Waals surface area contributed by atoms with Crippen LogP contribution >= 0.6 is 0 Å². The minimum absolute atomic E-state index is 0. The van der Waals surface area contributed by atoms with Crippen LogP contribution in [0.2, 0.25) is 52.4 Å². The van der Waals surface area contributed by atoms with E-state index in [1.54, 1.807) is 0 Å². The topological polar surface area (TPSA) is 27.7 Å². The first kappa shape index (κ1) is 71.1. The van der Waals surface area contributed by atoms with Crippen LogP contribution in [0.5, 0.6) is 0 Å². The van der Waals surface area contributed by atoms with Gasteiger partial charge in [0.05, 0.1) is 0 Å². The van der Waals surface area contributed by atoms with E-state index in [-0.39, 0.29) is 14.9 Å². The second-order valence-electron chi connectivity index (χ2n) is 9.28. The van der Waals surface area contributed by atoms with Crippen molar-refractivity contribution in [1.82, 2.24) is 0 Å². The summed E-state index contributed by atoms with van der Waals surface area (Å²) in [6.07, 6.45) is 0. The van der Waals surface area contributed by atoms with Gasteiger partial charge in [-0.25, -0.2) is 0 Å². The SMILES string of the molecule is C.C.C[Si](C)(C)O[Si](C)(C)O[Si](O[Si](C)(C)C)(c1ccccc1)c1ccccc1.FF.FF.FF.FF.FF.FF.FF.FF.FF. The Balaban J connectivity index is -0.0000000740. The van der Waals surface area contributed by atoms with Gasteiger partial charge >= 0.3 is 17.1 Å². The van der Waals surface area contributed by atoms with E-state index in [4.69, 9.17) is 94.7 Å². The van der Waals surface area contributed by atoms with E-state index >= 15 is 0 Å². The van der Waals surface area contributed by atoms with Crippen LogP contribution in [0.3, 0.4) is 0 Å². The molecule has 3 nitrogen and oxygen atoms in total. The highest BCUT2D eigenvalue weighted by molar-refractivity contribution is 7.02. The smallest absolute Gasteiger partial charge is 0.388 e. The van der Waals surface area contributed by atoms with E-state index in [0.717, 1.165) is 10.4 Å². The van der Waals surface area contributed by atoms with Crippen molar-refractivity contribution < 1.29 is 94.7 Å². The molecule has 0 amide bonds. The summed E-state index contributed by atoms with van der Waals surface area (Å²) < 4.78 is 165. The molecule has 0 bridgehead atoms. The molecule has 0 N–H and O–H groups in total. The summed E-state index contributed by atoms with van der Waals surface area (Å²) in [5.41, 5.74) is 0. The minimum atomic E-state index is -2.90. The maximum Gasteiger partial charge on any atom is 0.388 e. The molecule has 0 saturated carbocycles. The average molecular weight is 809 g/mol. The zero-order valence-electron chi connectivity index (χ0n) is 24.8. The molecule has 47 heavy (non-hydrogen) atoms. The Morgan fingerprint density at radius 1 is 0.340 bits per heavy atom. The largest absolute Gasteiger partial charge is 0.437 e. The molecule has 25 heteroatoms. The monoisotopic (exact) mass is 808 g/mol. The first-order valence-electron chi connectivity index (χ1n) is 10.8. The molecule has 2 aromatic carbocycles. The van der Waals surface area contributed by atoms with Gasteiger partial charge in [0.1, 0.15) is 0 Å². The second-order valence-corrected chi connectivity index (χ2v) is 25.4.